The van der Waals surface area contributed by atoms with Gasteiger partial charge in [-0.25, -0.2) is 4.68 Å². The van der Waals surface area contributed by atoms with Crippen molar-refractivity contribution in [2.75, 3.05) is 11.1 Å². The third kappa shape index (κ3) is 3.48. The first kappa shape index (κ1) is 17.3. The highest BCUT2D eigenvalue weighted by Crippen LogP contribution is 2.31. The predicted molar refractivity (Wildman–Crippen MR) is 108 cm³/mol. The lowest BCUT2D eigenvalue weighted by atomic mass is 9.87. The number of anilines is 2. The molecule has 3 N–H and O–H groups in total. The molecule has 1 heterocycles. The van der Waals surface area contributed by atoms with Crippen LogP contribution in [0.15, 0.2) is 36.4 Å². The molecular weight excluding hydrogens is 309 g/mol. The highest BCUT2D eigenvalue weighted by Gasteiger charge is 2.24. The Hall–Kier alpha value is -2.50. The van der Waals surface area contributed by atoms with Gasteiger partial charge >= 0.3 is 0 Å². The van der Waals surface area contributed by atoms with Crippen molar-refractivity contribution in [3.8, 4) is 0 Å². The predicted octanol–water partition coefficient (Wildman–Crippen LogP) is 2.49. The number of hydrogen-bond donors (Lipinski definition) is 2. The van der Waals surface area contributed by atoms with E-state index >= 15 is 0 Å². The van der Waals surface area contributed by atoms with Gasteiger partial charge < -0.3 is 11.1 Å². The van der Waals surface area contributed by atoms with Gasteiger partial charge in [0.1, 0.15) is 13.4 Å². The second-order valence-corrected chi connectivity index (χ2v) is 7.78. The largest absolute Gasteiger partial charge is 0.399 e. The fraction of sp³-hybridized carbons (Fsp3) is 0.368. The zero-order valence-corrected chi connectivity index (χ0v) is 15.7. The number of nitrogens with two attached hydrogens (primary N) is 1. The molecule has 0 radical (unpaired) electrons. The van der Waals surface area contributed by atoms with Gasteiger partial charge in [0, 0.05) is 17.9 Å². The van der Waals surface area contributed by atoms with Crippen molar-refractivity contribution < 1.29 is 0 Å². The SMILES string of the molecule is Bc1c(NCc2ccc(N)cc2)ccc2c1nnn2[C@H](C)C(C)(C)C. The summed E-state index contributed by atoms with van der Waals surface area (Å²) < 4.78 is 2.03. The summed E-state index contributed by atoms with van der Waals surface area (Å²) in [6, 6.07) is 12.4. The summed E-state index contributed by atoms with van der Waals surface area (Å²) in [7, 11) is 2.09. The van der Waals surface area contributed by atoms with E-state index < -0.39 is 0 Å². The molecule has 1 atom stereocenters. The van der Waals surface area contributed by atoms with Crippen molar-refractivity contribution in [2.45, 2.75) is 40.3 Å². The topological polar surface area (TPSA) is 68.8 Å². The fourth-order valence-corrected chi connectivity index (χ4v) is 2.82. The molecule has 0 saturated heterocycles. The Labute approximate surface area is 150 Å². The molecule has 3 aromatic rings. The van der Waals surface area contributed by atoms with Gasteiger partial charge in [0.15, 0.2) is 0 Å². The zero-order chi connectivity index (χ0) is 18.2. The second-order valence-electron chi connectivity index (χ2n) is 7.78. The highest BCUT2D eigenvalue weighted by atomic mass is 15.4. The highest BCUT2D eigenvalue weighted by molar-refractivity contribution is 6.41. The smallest absolute Gasteiger partial charge is 0.145 e. The standard InChI is InChI=1S/C19H26BN5/c1-12(19(2,3)4)25-16-10-9-15(17(20)18(16)23-24-25)22-11-13-5-7-14(21)8-6-13/h5-10,12,22H,11,20-21H2,1-4H3/t12-/m1/s1. The average Bonchev–Trinajstić information content (AvgIpc) is 2.99. The van der Waals surface area contributed by atoms with Crippen LogP contribution in [0.1, 0.15) is 39.3 Å². The summed E-state index contributed by atoms with van der Waals surface area (Å²) in [6.45, 7) is 9.61. The first-order valence-electron chi connectivity index (χ1n) is 8.70. The van der Waals surface area contributed by atoms with Crippen molar-refractivity contribution in [1.82, 2.24) is 15.0 Å². The molecule has 0 amide bonds. The normalized spacial score (nSPS) is 13.1. The number of hydrogen-bond acceptors (Lipinski definition) is 4. The lowest BCUT2D eigenvalue weighted by molar-refractivity contribution is 0.247. The van der Waals surface area contributed by atoms with Crippen LogP contribution in [0, 0.1) is 5.41 Å². The van der Waals surface area contributed by atoms with E-state index in [0.29, 0.717) is 0 Å². The van der Waals surface area contributed by atoms with Gasteiger partial charge in [-0.1, -0.05) is 38.1 Å². The van der Waals surface area contributed by atoms with E-state index in [1.54, 1.807) is 0 Å². The van der Waals surface area contributed by atoms with Gasteiger partial charge in [-0.2, -0.15) is 0 Å². The minimum Gasteiger partial charge on any atom is -0.399 e. The van der Waals surface area contributed by atoms with Gasteiger partial charge in [0.2, 0.25) is 0 Å². The number of aromatic nitrogens is 3. The molecule has 0 aliphatic heterocycles. The van der Waals surface area contributed by atoms with Crippen LogP contribution in [0.2, 0.25) is 0 Å². The van der Waals surface area contributed by atoms with Crippen LogP contribution >= 0.6 is 0 Å². The van der Waals surface area contributed by atoms with Crippen LogP contribution in [-0.4, -0.2) is 22.8 Å². The quantitative estimate of drug-likeness (QED) is 0.568. The molecule has 5 nitrogen and oxygen atoms in total. The van der Waals surface area contributed by atoms with Crippen molar-refractivity contribution >= 4 is 35.7 Å². The first-order chi connectivity index (χ1) is 11.8. The van der Waals surface area contributed by atoms with Crippen LogP contribution in [0.3, 0.4) is 0 Å². The number of benzene rings is 2. The van der Waals surface area contributed by atoms with Gasteiger partial charge in [-0.3, -0.25) is 0 Å². The Morgan fingerprint density at radius 1 is 1.16 bits per heavy atom. The molecule has 25 heavy (non-hydrogen) atoms. The maximum Gasteiger partial charge on any atom is 0.145 e. The molecule has 0 aliphatic rings. The number of fused-ring (bicyclic) bond motifs is 1. The maximum absolute atomic E-state index is 5.74. The number of nitrogens with zero attached hydrogens (tertiary/aromatic N) is 3. The van der Waals surface area contributed by atoms with E-state index in [1.165, 1.54) is 5.56 Å². The second kappa shape index (κ2) is 6.43. The third-order valence-electron chi connectivity index (χ3n) is 4.98. The van der Waals surface area contributed by atoms with Crippen molar-refractivity contribution in [3.05, 3.63) is 42.0 Å². The monoisotopic (exact) mass is 335 g/mol. The summed E-state index contributed by atoms with van der Waals surface area (Å²) in [4.78, 5) is 0. The Kier molecular flexibility index (Phi) is 4.46. The van der Waals surface area contributed by atoms with Crippen LogP contribution < -0.4 is 16.5 Å². The molecular formula is C19H26BN5. The minimum absolute atomic E-state index is 0.126. The summed E-state index contributed by atoms with van der Waals surface area (Å²) in [5.74, 6) is 0. The lowest BCUT2D eigenvalue weighted by Gasteiger charge is -2.27. The van der Waals surface area contributed by atoms with Crippen LogP contribution in [0.5, 0.6) is 0 Å². The Bertz CT molecular complexity index is 877. The van der Waals surface area contributed by atoms with Crippen molar-refractivity contribution in [3.63, 3.8) is 0 Å². The first-order valence-corrected chi connectivity index (χ1v) is 8.70. The molecule has 1 aromatic heterocycles. The van der Waals surface area contributed by atoms with E-state index in [4.69, 9.17) is 5.73 Å². The molecule has 0 fully saturated rings. The Balaban J connectivity index is 1.86. The molecule has 130 valence electrons. The summed E-state index contributed by atoms with van der Waals surface area (Å²) >= 11 is 0. The van der Waals surface area contributed by atoms with Crippen molar-refractivity contribution in [2.24, 2.45) is 5.41 Å². The van der Waals surface area contributed by atoms with E-state index in [1.807, 2.05) is 28.9 Å². The van der Waals surface area contributed by atoms with Gasteiger partial charge in [-0.15, -0.1) is 5.10 Å². The van der Waals surface area contributed by atoms with Crippen molar-refractivity contribution in [1.29, 1.82) is 0 Å². The Morgan fingerprint density at radius 2 is 1.84 bits per heavy atom. The molecule has 0 saturated carbocycles. The zero-order valence-electron chi connectivity index (χ0n) is 15.7. The molecule has 6 heteroatoms. The molecule has 2 aromatic carbocycles. The number of nitrogens with one attached hydrogen (secondary N) is 1. The lowest BCUT2D eigenvalue weighted by Crippen LogP contribution is -2.22. The number of nitrogen functional groups attached to an aromatic ring is 1. The number of rotatable bonds is 4. The maximum atomic E-state index is 5.74. The summed E-state index contributed by atoms with van der Waals surface area (Å²) in [5, 5.41) is 12.3. The molecule has 0 unspecified atom stereocenters. The molecule has 0 bridgehead atoms. The molecule has 0 spiro atoms. The van der Waals surface area contributed by atoms with Crippen LogP contribution in [0.4, 0.5) is 11.4 Å². The molecule has 0 aliphatic carbocycles. The average molecular weight is 335 g/mol. The third-order valence-corrected chi connectivity index (χ3v) is 4.98. The Morgan fingerprint density at radius 3 is 2.48 bits per heavy atom. The minimum atomic E-state index is 0.126. The van der Waals surface area contributed by atoms with Gasteiger partial charge in [0.25, 0.3) is 0 Å². The van der Waals surface area contributed by atoms with E-state index in [-0.39, 0.29) is 11.5 Å². The van der Waals surface area contributed by atoms with E-state index in [9.17, 15) is 0 Å². The van der Waals surface area contributed by atoms with Gasteiger partial charge in [-0.05, 0) is 47.6 Å². The molecule has 3 rings (SSSR count). The van der Waals surface area contributed by atoms with Crippen LogP contribution in [0.25, 0.3) is 11.0 Å². The van der Waals surface area contributed by atoms with Gasteiger partial charge in [0.05, 0.1) is 11.6 Å². The fourth-order valence-electron chi connectivity index (χ4n) is 2.82. The summed E-state index contributed by atoms with van der Waals surface area (Å²) in [6.07, 6.45) is 0. The summed E-state index contributed by atoms with van der Waals surface area (Å²) in [5.41, 5.74) is 12.1. The van der Waals surface area contributed by atoms with Crippen LogP contribution in [-0.2, 0) is 6.54 Å². The van der Waals surface area contributed by atoms with E-state index in [0.717, 1.165) is 34.4 Å². The van der Waals surface area contributed by atoms with E-state index in [2.05, 4.69) is 63.3 Å².